The van der Waals surface area contributed by atoms with E-state index in [-0.39, 0.29) is 0 Å². The second-order valence-corrected chi connectivity index (χ2v) is 4.97. The highest BCUT2D eigenvalue weighted by Crippen LogP contribution is 2.14. The fourth-order valence-electron chi connectivity index (χ4n) is 2.22. The number of ether oxygens (including phenoxy) is 1. The van der Waals surface area contributed by atoms with Gasteiger partial charge in [-0.3, -0.25) is 0 Å². The molecule has 0 amide bonds. The molecule has 0 saturated heterocycles. The van der Waals surface area contributed by atoms with E-state index in [2.05, 4.69) is 47.8 Å². The Kier molecular flexibility index (Phi) is 6.12. The van der Waals surface area contributed by atoms with E-state index in [4.69, 9.17) is 4.74 Å². The first-order chi connectivity index (χ1) is 9.88. The second-order valence-electron chi connectivity index (χ2n) is 4.97. The van der Waals surface area contributed by atoms with Gasteiger partial charge in [-0.1, -0.05) is 42.5 Å². The van der Waals surface area contributed by atoms with E-state index in [1.54, 1.807) is 0 Å². The maximum absolute atomic E-state index is 5.80. The van der Waals surface area contributed by atoms with Gasteiger partial charge in [-0.25, -0.2) is 0 Å². The smallest absolute Gasteiger partial charge is 0.119 e. The number of nitrogens with one attached hydrogen (secondary N) is 1. The van der Waals surface area contributed by atoms with Gasteiger partial charge in [-0.05, 0) is 49.6 Å². The van der Waals surface area contributed by atoms with Crippen LogP contribution in [0.3, 0.4) is 0 Å². The monoisotopic (exact) mass is 269 g/mol. The quantitative estimate of drug-likeness (QED) is 0.736. The minimum absolute atomic E-state index is 0.788. The summed E-state index contributed by atoms with van der Waals surface area (Å²) >= 11 is 0. The van der Waals surface area contributed by atoms with E-state index in [1.807, 2.05) is 19.2 Å². The molecule has 0 bridgehead atoms. The first kappa shape index (κ1) is 14.6. The van der Waals surface area contributed by atoms with Gasteiger partial charge in [0, 0.05) is 6.54 Å². The maximum atomic E-state index is 5.80. The fourth-order valence-corrected chi connectivity index (χ4v) is 2.22. The third kappa shape index (κ3) is 5.06. The number of hydrogen-bond donors (Lipinski definition) is 1. The topological polar surface area (TPSA) is 21.3 Å². The van der Waals surface area contributed by atoms with E-state index in [0.29, 0.717) is 0 Å². The predicted molar refractivity (Wildman–Crippen MR) is 84.1 cm³/mol. The number of benzene rings is 2. The highest BCUT2D eigenvalue weighted by molar-refractivity contribution is 5.28. The second kappa shape index (κ2) is 8.39. The molecule has 0 unspecified atom stereocenters. The number of unbranched alkanes of at least 4 members (excludes halogenated alkanes) is 1. The first-order valence-corrected chi connectivity index (χ1v) is 7.29. The molecule has 2 aromatic carbocycles. The molecule has 2 heteroatoms. The predicted octanol–water partition coefficient (Wildman–Crippen LogP) is 3.81. The lowest BCUT2D eigenvalue weighted by atomic mass is 10.1. The van der Waals surface area contributed by atoms with Crippen LogP contribution in [-0.2, 0) is 13.0 Å². The molecule has 0 saturated carbocycles. The van der Waals surface area contributed by atoms with Crippen LogP contribution >= 0.6 is 0 Å². The van der Waals surface area contributed by atoms with Crippen LogP contribution in [0.15, 0.2) is 54.6 Å². The van der Waals surface area contributed by atoms with Crippen LogP contribution < -0.4 is 10.1 Å². The van der Waals surface area contributed by atoms with Crippen LogP contribution in [0.2, 0.25) is 0 Å². The summed E-state index contributed by atoms with van der Waals surface area (Å²) < 4.78 is 5.80. The lowest BCUT2D eigenvalue weighted by molar-refractivity contribution is 0.306. The molecule has 0 aromatic heterocycles. The third-order valence-electron chi connectivity index (χ3n) is 3.25. The molecule has 0 aliphatic rings. The van der Waals surface area contributed by atoms with E-state index in [1.165, 1.54) is 17.5 Å². The molecule has 0 heterocycles. The Morgan fingerprint density at radius 1 is 0.900 bits per heavy atom. The average molecular weight is 269 g/mol. The van der Waals surface area contributed by atoms with Crippen molar-refractivity contribution in [3.05, 3.63) is 65.7 Å². The van der Waals surface area contributed by atoms with Gasteiger partial charge in [-0.2, -0.15) is 0 Å². The molecule has 2 rings (SSSR count). The van der Waals surface area contributed by atoms with Crippen LogP contribution in [-0.4, -0.2) is 13.7 Å². The summed E-state index contributed by atoms with van der Waals surface area (Å²) in [6.45, 7) is 1.67. The number of rotatable bonds is 8. The molecule has 0 aliphatic carbocycles. The van der Waals surface area contributed by atoms with Gasteiger partial charge < -0.3 is 10.1 Å². The van der Waals surface area contributed by atoms with Crippen molar-refractivity contribution in [1.82, 2.24) is 5.32 Å². The molecule has 1 N–H and O–H groups in total. The standard InChI is InChI=1S/C18H23NO/c1-19-15-17-11-7-12-18(14-17)20-13-6-5-10-16-8-3-2-4-9-16/h2-4,7-9,11-12,14,19H,5-6,10,13,15H2,1H3. The van der Waals surface area contributed by atoms with Crippen molar-refractivity contribution in [2.24, 2.45) is 0 Å². The lowest BCUT2D eigenvalue weighted by Crippen LogP contribution is -2.05. The Morgan fingerprint density at radius 3 is 2.50 bits per heavy atom. The summed E-state index contributed by atoms with van der Waals surface area (Å²) in [6.07, 6.45) is 3.38. The van der Waals surface area contributed by atoms with Gasteiger partial charge >= 0.3 is 0 Å². The summed E-state index contributed by atoms with van der Waals surface area (Å²) in [7, 11) is 1.96. The molecule has 0 radical (unpaired) electrons. The summed E-state index contributed by atoms with van der Waals surface area (Å²) in [6, 6.07) is 18.9. The van der Waals surface area contributed by atoms with Gasteiger partial charge in [0.05, 0.1) is 6.61 Å². The van der Waals surface area contributed by atoms with Gasteiger partial charge in [0.15, 0.2) is 0 Å². The molecular weight excluding hydrogens is 246 g/mol. The van der Waals surface area contributed by atoms with Crippen molar-refractivity contribution in [1.29, 1.82) is 0 Å². The Labute approximate surface area is 121 Å². The Balaban J connectivity index is 1.67. The zero-order valence-electron chi connectivity index (χ0n) is 12.1. The van der Waals surface area contributed by atoms with Crippen molar-refractivity contribution >= 4 is 0 Å². The third-order valence-corrected chi connectivity index (χ3v) is 3.25. The zero-order valence-corrected chi connectivity index (χ0v) is 12.1. The van der Waals surface area contributed by atoms with Gasteiger partial charge in [0.25, 0.3) is 0 Å². The molecular formula is C18H23NO. The maximum Gasteiger partial charge on any atom is 0.119 e. The Bertz CT molecular complexity index is 496. The Morgan fingerprint density at radius 2 is 1.70 bits per heavy atom. The van der Waals surface area contributed by atoms with E-state index >= 15 is 0 Å². The fraction of sp³-hybridized carbons (Fsp3) is 0.333. The van der Waals surface area contributed by atoms with Crippen molar-refractivity contribution in [2.75, 3.05) is 13.7 Å². The molecule has 0 atom stereocenters. The zero-order chi connectivity index (χ0) is 14.0. The summed E-state index contributed by atoms with van der Waals surface area (Å²) in [5, 5.41) is 3.15. The Hall–Kier alpha value is -1.80. The molecule has 0 fully saturated rings. The molecule has 0 spiro atoms. The molecule has 2 aromatic rings. The van der Waals surface area contributed by atoms with Crippen LogP contribution in [0.5, 0.6) is 5.75 Å². The number of hydrogen-bond acceptors (Lipinski definition) is 2. The highest BCUT2D eigenvalue weighted by atomic mass is 16.5. The van der Waals surface area contributed by atoms with E-state index in [0.717, 1.165) is 31.7 Å². The first-order valence-electron chi connectivity index (χ1n) is 7.29. The van der Waals surface area contributed by atoms with Crippen LogP contribution in [0, 0.1) is 0 Å². The molecule has 20 heavy (non-hydrogen) atoms. The summed E-state index contributed by atoms with van der Waals surface area (Å²) in [5.74, 6) is 0.970. The van der Waals surface area contributed by atoms with Crippen LogP contribution in [0.4, 0.5) is 0 Å². The van der Waals surface area contributed by atoms with Crippen molar-refractivity contribution < 1.29 is 4.74 Å². The van der Waals surface area contributed by atoms with Gasteiger partial charge in [0.1, 0.15) is 5.75 Å². The summed E-state index contributed by atoms with van der Waals surface area (Å²) in [4.78, 5) is 0. The lowest BCUT2D eigenvalue weighted by Gasteiger charge is -2.08. The van der Waals surface area contributed by atoms with Crippen LogP contribution in [0.1, 0.15) is 24.0 Å². The highest BCUT2D eigenvalue weighted by Gasteiger charge is 1.97. The van der Waals surface area contributed by atoms with Crippen molar-refractivity contribution in [2.45, 2.75) is 25.8 Å². The van der Waals surface area contributed by atoms with Crippen molar-refractivity contribution in [3.63, 3.8) is 0 Å². The average Bonchev–Trinajstić information content (AvgIpc) is 2.49. The van der Waals surface area contributed by atoms with Crippen LogP contribution in [0.25, 0.3) is 0 Å². The number of aryl methyl sites for hydroxylation is 1. The normalized spacial score (nSPS) is 10.4. The minimum atomic E-state index is 0.788. The molecule has 0 aliphatic heterocycles. The van der Waals surface area contributed by atoms with E-state index in [9.17, 15) is 0 Å². The summed E-state index contributed by atoms with van der Waals surface area (Å²) in [5.41, 5.74) is 2.66. The van der Waals surface area contributed by atoms with Gasteiger partial charge in [-0.15, -0.1) is 0 Å². The molecule has 106 valence electrons. The minimum Gasteiger partial charge on any atom is -0.494 e. The largest absolute Gasteiger partial charge is 0.494 e. The SMILES string of the molecule is CNCc1cccc(OCCCCc2ccccc2)c1. The van der Waals surface area contributed by atoms with Crippen molar-refractivity contribution in [3.8, 4) is 5.75 Å². The van der Waals surface area contributed by atoms with E-state index < -0.39 is 0 Å². The molecule has 2 nitrogen and oxygen atoms in total. The van der Waals surface area contributed by atoms with Gasteiger partial charge in [0.2, 0.25) is 0 Å².